The van der Waals surface area contributed by atoms with Crippen LogP contribution in [0.4, 0.5) is 24.8 Å². The Morgan fingerprint density at radius 1 is 1.12 bits per heavy atom. The van der Waals surface area contributed by atoms with Crippen LogP contribution in [0.25, 0.3) is 0 Å². The fraction of sp³-hybridized carbons (Fsp3) is 0.438. The summed E-state index contributed by atoms with van der Waals surface area (Å²) in [5.41, 5.74) is 1.74. The van der Waals surface area contributed by atoms with E-state index in [0.717, 1.165) is 43.3 Å². The van der Waals surface area contributed by atoms with Crippen LogP contribution in [0.5, 0.6) is 5.75 Å². The summed E-state index contributed by atoms with van der Waals surface area (Å²) in [6.45, 7) is 3.34. The number of hydrogen-bond acceptors (Lipinski definition) is 7. The number of ketones is 1. The molecule has 2 heterocycles. The predicted molar refractivity (Wildman–Crippen MR) is 156 cm³/mol. The third kappa shape index (κ3) is 7.15. The highest BCUT2D eigenvalue weighted by Crippen LogP contribution is 2.40. The highest BCUT2D eigenvalue weighted by Gasteiger charge is 2.39. The molecule has 8 nitrogen and oxygen atoms in total. The van der Waals surface area contributed by atoms with Gasteiger partial charge in [0.2, 0.25) is 11.9 Å². The number of amides is 1. The molecule has 0 radical (unpaired) electrons. The van der Waals surface area contributed by atoms with Crippen molar-refractivity contribution in [1.82, 2.24) is 20.2 Å². The number of piperidine rings is 1. The number of fused-ring (bicyclic) bond motifs is 1. The van der Waals surface area contributed by atoms with Gasteiger partial charge in [-0.25, -0.2) is 9.97 Å². The number of aromatic nitrogens is 2. The fourth-order valence-corrected chi connectivity index (χ4v) is 6.14. The monoisotopic (exact) mass is 595 g/mol. The van der Waals surface area contributed by atoms with Crippen LogP contribution >= 0.6 is 0 Å². The van der Waals surface area contributed by atoms with Gasteiger partial charge in [0.1, 0.15) is 5.75 Å². The molecule has 5 rings (SSSR count). The topological polar surface area (TPSA) is 96.5 Å². The van der Waals surface area contributed by atoms with Gasteiger partial charge >= 0.3 is 6.18 Å². The lowest BCUT2D eigenvalue weighted by molar-refractivity contribution is -0.138. The van der Waals surface area contributed by atoms with E-state index in [1.54, 1.807) is 18.2 Å². The molecule has 11 heteroatoms. The van der Waals surface area contributed by atoms with Gasteiger partial charge in [0.25, 0.3) is 0 Å². The average molecular weight is 596 g/mol. The molecule has 2 aliphatic rings. The van der Waals surface area contributed by atoms with Gasteiger partial charge in [0.15, 0.2) is 5.78 Å². The fourth-order valence-electron chi connectivity index (χ4n) is 6.14. The van der Waals surface area contributed by atoms with Crippen LogP contribution in [0.15, 0.2) is 48.7 Å². The van der Waals surface area contributed by atoms with Crippen molar-refractivity contribution in [3.05, 3.63) is 76.6 Å². The molecule has 1 amide bonds. The Morgan fingerprint density at radius 3 is 2.56 bits per heavy atom. The number of hydrogen-bond donors (Lipinski definition) is 2. The third-order valence-corrected chi connectivity index (χ3v) is 8.41. The van der Waals surface area contributed by atoms with Crippen LogP contribution in [0, 0.1) is 11.8 Å². The second kappa shape index (κ2) is 12.7. The summed E-state index contributed by atoms with van der Waals surface area (Å²) in [7, 11) is 3.54. The third-order valence-electron chi connectivity index (χ3n) is 8.41. The molecular weight excluding hydrogens is 559 g/mol. The van der Waals surface area contributed by atoms with Crippen LogP contribution in [-0.4, -0.2) is 53.8 Å². The number of ether oxygens (including phenoxy) is 1. The summed E-state index contributed by atoms with van der Waals surface area (Å²) in [6.07, 6.45) is -0.975. The molecular formula is C32H36F3N5O3. The second-order valence-electron chi connectivity index (χ2n) is 11.5. The summed E-state index contributed by atoms with van der Waals surface area (Å²) >= 11 is 0. The number of nitrogens with zero attached hydrogens (tertiary/aromatic N) is 3. The van der Waals surface area contributed by atoms with Gasteiger partial charge in [-0.3, -0.25) is 9.59 Å². The van der Waals surface area contributed by atoms with Crippen molar-refractivity contribution in [3.63, 3.8) is 0 Å². The molecule has 0 bridgehead atoms. The van der Waals surface area contributed by atoms with Gasteiger partial charge in [0.05, 0.1) is 30.1 Å². The quantitative estimate of drug-likeness (QED) is 0.304. The molecule has 228 valence electrons. The van der Waals surface area contributed by atoms with E-state index in [1.165, 1.54) is 14.0 Å². The Kier molecular flexibility index (Phi) is 9.00. The molecule has 2 aromatic carbocycles. The Bertz CT molecular complexity index is 1490. The number of Topliss-reactive ketones (excluding diaryl/α,β-unsaturated/α-hetero) is 1. The summed E-state index contributed by atoms with van der Waals surface area (Å²) in [5, 5.41) is 5.89. The first-order chi connectivity index (χ1) is 20.5. The Labute approximate surface area is 249 Å². The maximum Gasteiger partial charge on any atom is 0.419 e. The number of carbonyl (C=O) groups excluding carboxylic acids is 2. The standard InChI is InChI=1S/C32H36F3N5O3/c1-19(41)37-30-23(15-21-6-4-5-7-24(21)30)16-27-25(32(33,34)35)18-36-31(39-27)38-26-9-8-22(17-29(26)43-3)28(42)14-20-10-12-40(2)13-11-20/h4-9,17-18,20,23,30H,10-16H2,1-3H3,(H,37,41)(H,36,38,39)/t23-,30-/m0/s1. The Balaban J connectivity index is 1.37. The molecule has 1 aliphatic carbocycles. The number of benzene rings is 2. The predicted octanol–water partition coefficient (Wildman–Crippen LogP) is 5.75. The molecule has 1 aromatic heterocycles. The number of anilines is 2. The van der Waals surface area contributed by atoms with Crippen molar-refractivity contribution in [2.24, 2.45) is 11.8 Å². The normalized spacial score (nSPS) is 19.1. The molecule has 0 spiro atoms. The second-order valence-corrected chi connectivity index (χ2v) is 11.5. The van der Waals surface area contributed by atoms with E-state index < -0.39 is 17.8 Å². The van der Waals surface area contributed by atoms with Crippen molar-refractivity contribution in [2.45, 2.75) is 51.2 Å². The van der Waals surface area contributed by atoms with Gasteiger partial charge in [-0.2, -0.15) is 13.2 Å². The maximum absolute atomic E-state index is 14.1. The molecule has 2 N–H and O–H groups in total. The van der Waals surface area contributed by atoms with Crippen LogP contribution in [-0.2, 0) is 23.8 Å². The van der Waals surface area contributed by atoms with E-state index in [0.29, 0.717) is 35.8 Å². The zero-order chi connectivity index (χ0) is 30.7. The number of carbonyl (C=O) groups is 2. The van der Waals surface area contributed by atoms with E-state index in [4.69, 9.17) is 4.74 Å². The first kappa shape index (κ1) is 30.5. The smallest absolute Gasteiger partial charge is 0.419 e. The van der Waals surface area contributed by atoms with E-state index in [9.17, 15) is 22.8 Å². The van der Waals surface area contributed by atoms with Crippen molar-refractivity contribution in [3.8, 4) is 5.75 Å². The van der Waals surface area contributed by atoms with Gasteiger partial charge in [-0.05, 0) is 87.0 Å². The molecule has 43 heavy (non-hydrogen) atoms. The number of rotatable bonds is 9. The molecule has 1 aliphatic heterocycles. The Morgan fingerprint density at radius 2 is 1.86 bits per heavy atom. The summed E-state index contributed by atoms with van der Waals surface area (Å²) in [5.74, 6) is 0.111. The minimum Gasteiger partial charge on any atom is -0.495 e. The van der Waals surface area contributed by atoms with Crippen LogP contribution in [0.3, 0.4) is 0 Å². The number of alkyl halides is 3. The first-order valence-corrected chi connectivity index (χ1v) is 14.5. The van der Waals surface area contributed by atoms with E-state index in [2.05, 4.69) is 32.5 Å². The van der Waals surface area contributed by atoms with Crippen molar-refractivity contribution >= 4 is 23.3 Å². The van der Waals surface area contributed by atoms with Crippen molar-refractivity contribution in [2.75, 3.05) is 32.6 Å². The van der Waals surface area contributed by atoms with Crippen molar-refractivity contribution < 1.29 is 27.5 Å². The number of likely N-dealkylation sites (tertiary alicyclic amines) is 1. The van der Waals surface area contributed by atoms with E-state index in [-0.39, 0.29) is 35.7 Å². The molecule has 0 unspecified atom stereocenters. The maximum atomic E-state index is 14.1. The van der Waals surface area contributed by atoms with Crippen LogP contribution in [0.2, 0.25) is 0 Å². The van der Waals surface area contributed by atoms with E-state index >= 15 is 0 Å². The number of methoxy groups -OCH3 is 1. The van der Waals surface area contributed by atoms with E-state index in [1.807, 2.05) is 24.3 Å². The molecule has 1 saturated heterocycles. The lowest BCUT2D eigenvalue weighted by Gasteiger charge is -2.28. The summed E-state index contributed by atoms with van der Waals surface area (Å²) in [4.78, 5) is 35.5. The highest BCUT2D eigenvalue weighted by atomic mass is 19.4. The highest BCUT2D eigenvalue weighted by molar-refractivity contribution is 5.97. The minimum absolute atomic E-state index is 0.0206. The molecule has 3 aromatic rings. The molecule has 2 atom stereocenters. The minimum atomic E-state index is -4.66. The number of halogens is 3. The first-order valence-electron chi connectivity index (χ1n) is 14.5. The average Bonchev–Trinajstić information content (AvgIpc) is 3.30. The zero-order valence-electron chi connectivity index (χ0n) is 24.5. The lowest BCUT2D eigenvalue weighted by Crippen LogP contribution is -2.31. The summed E-state index contributed by atoms with van der Waals surface area (Å²) in [6, 6.07) is 12.1. The summed E-state index contributed by atoms with van der Waals surface area (Å²) < 4.78 is 47.7. The number of nitrogens with one attached hydrogen (secondary N) is 2. The van der Waals surface area contributed by atoms with Crippen LogP contribution in [0.1, 0.15) is 65.0 Å². The molecule has 0 saturated carbocycles. The van der Waals surface area contributed by atoms with Gasteiger partial charge in [0, 0.05) is 25.1 Å². The van der Waals surface area contributed by atoms with Gasteiger partial charge in [-0.1, -0.05) is 24.3 Å². The Hall–Kier alpha value is -3.99. The zero-order valence-corrected chi connectivity index (χ0v) is 24.5. The van der Waals surface area contributed by atoms with Gasteiger partial charge in [-0.15, -0.1) is 0 Å². The largest absolute Gasteiger partial charge is 0.495 e. The van der Waals surface area contributed by atoms with Gasteiger partial charge < -0.3 is 20.3 Å². The van der Waals surface area contributed by atoms with Crippen molar-refractivity contribution in [1.29, 1.82) is 0 Å². The molecule has 1 fully saturated rings. The lowest BCUT2D eigenvalue weighted by atomic mass is 9.90. The van der Waals surface area contributed by atoms with Crippen LogP contribution < -0.4 is 15.4 Å². The SMILES string of the molecule is COc1cc(C(=O)CC2CCN(C)CC2)ccc1Nc1ncc(C(F)(F)F)c(C[C@@H]2Cc3ccccc3[C@H]2NC(C)=O)n1.